The molecule has 0 bridgehead atoms. The molecule has 1 heterocycles. The molecule has 206 valence electrons. The van der Waals surface area contributed by atoms with E-state index in [1.165, 1.54) is 6.07 Å². The molecule has 8 heteroatoms. The van der Waals surface area contributed by atoms with E-state index in [1.807, 2.05) is 18.2 Å². The maximum atomic E-state index is 14.1. The molecule has 0 aliphatic heterocycles. The zero-order valence-electron chi connectivity index (χ0n) is 22.1. The molecule has 0 unspecified atom stereocenters. The number of unbranched alkanes of at least 4 members (excludes halogenated alkanes) is 3. The average molecular weight is 559 g/mol. The maximum absolute atomic E-state index is 14.1. The van der Waals surface area contributed by atoms with Gasteiger partial charge in [-0.25, -0.2) is 0 Å². The number of fused-ring (bicyclic) bond motifs is 1. The first-order valence-corrected chi connectivity index (χ1v) is 13.3. The van der Waals surface area contributed by atoms with Gasteiger partial charge in [0, 0.05) is 11.1 Å². The average Bonchev–Trinajstić information content (AvgIpc) is 2.86. The highest BCUT2D eigenvalue weighted by Gasteiger charge is 2.40. The number of aryl methyl sites for hydroxylation is 3. The molecule has 0 N–H and O–H groups in total. The molecule has 1 aromatic heterocycles. The molecule has 0 radical (unpaired) electrons. The van der Waals surface area contributed by atoms with Crippen LogP contribution in [0.1, 0.15) is 60.6 Å². The summed E-state index contributed by atoms with van der Waals surface area (Å²) >= 11 is 5.96. The van der Waals surface area contributed by atoms with E-state index in [0.29, 0.717) is 17.2 Å². The van der Waals surface area contributed by atoms with Crippen molar-refractivity contribution in [3.63, 3.8) is 0 Å². The molecule has 0 spiro atoms. The van der Waals surface area contributed by atoms with Crippen LogP contribution in [0.3, 0.4) is 0 Å². The van der Waals surface area contributed by atoms with Crippen molar-refractivity contribution in [2.45, 2.75) is 65.7 Å². The SMILES string of the molecule is CCCCCCc1cc2c(=O)c(Oc3cc(C)cc(C)c3)c(C(F)(F)F)oc2cc1OCc1ccc(Cl)cc1. The number of benzene rings is 3. The van der Waals surface area contributed by atoms with Crippen LogP contribution in [0.4, 0.5) is 13.2 Å². The molecular formula is C31H30ClF3O4. The Kier molecular flexibility index (Phi) is 8.90. The first-order chi connectivity index (χ1) is 18.5. The predicted molar refractivity (Wildman–Crippen MR) is 147 cm³/mol. The third kappa shape index (κ3) is 7.15. The maximum Gasteiger partial charge on any atom is 0.453 e. The minimum absolute atomic E-state index is 0.00621. The number of alkyl halides is 3. The van der Waals surface area contributed by atoms with Crippen molar-refractivity contribution in [2.75, 3.05) is 0 Å². The molecule has 0 amide bonds. The van der Waals surface area contributed by atoms with Gasteiger partial charge in [-0.1, -0.05) is 56.0 Å². The van der Waals surface area contributed by atoms with E-state index in [0.717, 1.165) is 47.9 Å². The first kappa shape index (κ1) is 28.6. The molecule has 4 aromatic rings. The minimum Gasteiger partial charge on any atom is -0.488 e. The quantitative estimate of drug-likeness (QED) is 0.182. The van der Waals surface area contributed by atoms with Gasteiger partial charge in [0.1, 0.15) is 23.7 Å². The summed E-state index contributed by atoms with van der Waals surface area (Å²) in [6.45, 7) is 5.87. The molecular weight excluding hydrogens is 529 g/mol. The number of hydrogen-bond donors (Lipinski definition) is 0. The van der Waals surface area contributed by atoms with Gasteiger partial charge in [-0.05, 0) is 79.3 Å². The molecule has 4 rings (SSSR count). The molecule has 3 aromatic carbocycles. The summed E-state index contributed by atoms with van der Waals surface area (Å²) in [5.41, 5.74) is 2.04. The third-order valence-electron chi connectivity index (χ3n) is 6.31. The predicted octanol–water partition coefficient (Wildman–Crippen LogP) is 9.58. The third-order valence-corrected chi connectivity index (χ3v) is 6.56. The molecule has 0 aliphatic rings. The van der Waals surface area contributed by atoms with Crippen LogP contribution in [0.5, 0.6) is 17.2 Å². The first-order valence-electron chi connectivity index (χ1n) is 12.9. The Morgan fingerprint density at radius 2 is 1.62 bits per heavy atom. The van der Waals surface area contributed by atoms with E-state index in [9.17, 15) is 18.0 Å². The Balaban J connectivity index is 1.80. The van der Waals surface area contributed by atoms with E-state index in [2.05, 4.69) is 6.92 Å². The van der Waals surface area contributed by atoms with E-state index in [4.69, 9.17) is 25.5 Å². The van der Waals surface area contributed by atoms with Crippen LogP contribution >= 0.6 is 11.6 Å². The van der Waals surface area contributed by atoms with Gasteiger partial charge >= 0.3 is 6.18 Å². The summed E-state index contributed by atoms with van der Waals surface area (Å²) < 4.78 is 59.2. The highest BCUT2D eigenvalue weighted by molar-refractivity contribution is 6.30. The molecule has 0 atom stereocenters. The minimum atomic E-state index is -4.95. The van der Waals surface area contributed by atoms with Gasteiger partial charge < -0.3 is 13.9 Å². The van der Waals surface area contributed by atoms with Crippen LogP contribution in [0.15, 0.2) is 63.8 Å². The van der Waals surface area contributed by atoms with E-state index >= 15 is 0 Å². The lowest BCUT2D eigenvalue weighted by molar-refractivity contribution is -0.154. The second kappa shape index (κ2) is 12.2. The summed E-state index contributed by atoms with van der Waals surface area (Å²) in [6, 6.07) is 15.0. The second-order valence-electron chi connectivity index (χ2n) is 9.69. The highest BCUT2D eigenvalue weighted by Crippen LogP contribution is 2.39. The fraction of sp³-hybridized carbons (Fsp3) is 0.323. The van der Waals surface area contributed by atoms with Crippen LogP contribution < -0.4 is 14.9 Å². The van der Waals surface area contributed by atoms with Crippen molar-refractivity contribution in [2.24, 2.45) is 0 Å². The Labute approximate surface area is 230 Å². The lowest BCUT2D eigenvalue weighted by atomic mass is 10.0. The Morgan fingerprint density at radius 1 is 0.923 bits per heavy atom. The fourth-order valence-corrected chi connectivity index (χ4v) is 4.58. The summed E-state index contributed by atoms with van der Waals surface area (Å²) in [5.74, 6) is -1.87. The van der Waals surface area contributed by atoms with Crippen LogP contribution in [-0.4, -0.2) is 0 Å². The van der Waals surface area contributed by atoms with Crippen LogP contribution in [-0.2, 0) is 19.2 Å². The smallest absolute Gasteiger partial charge is 0.453 e. The van der Waals surface area contributed by atoms with E-state index in [-0.39, 0.29) is 23.3 Å². The molecule has 0 saturated heterocycles. The molecule has 0 saturated carbocycles. The van der Waals surface area contributed by atoms with Gasteiger partial charge in [-0.3, -0.25) is 4.79 Å². The Hall–Kier alpha value is -3.45. The van der Waals surface area contributed by atoms with Crippen molar-refractivity contribution in [3.05, 3.63) is 97.9 Å². The van der Waals surface area contributed by atoms with Gasteiger partial charge in [0.05, 0.1) is 5.39 Å². The highest BCUT2D eigenvalue weighted by atomic mass is 35.5. The van der Waals surface area contributed by atoms with Gasteiger partial charge in [0.2, 0.25) is 11.2 Å². The Morgan fingerprint density at radius 3 is 2.26 bits per heavy atom. The van der Waals surface area contributed by atoms with Gasteiger partial charge in [-0.15, -0.1) is 0 Å². The zero-order valence-corrected chi connectivity index (χ0v) is 22.8. The summed E-state index contributed by atoms with van der Waals surface area (Å²) in [7, 11) is 0. The van der Waals surface area contributed by atoms with Crippen molar-refractivity contribution >= 4 is 22.6 Å². The molecule has 39 heavy (non-hydrogen) atoms. The summed E-state index contributed by atoms with van der Waals surface area (Å²) in [4.78, 5) is 13.5. The van der Waals surface area contributed by atoms with Crippen LogP contribution in [0.25, 0.3) is 11.0 Å². The van der Waals surface area contributed by atoms with Gasteiger partial charge in [-0.2, -0.15) is 13.2 Å². The van der Waals surface area contributed by atoms with Crippen molar-refractivity contribution < 1.29 is 27.1 Å². The molecule has 0 fully saturated rings. The van der Waals surface area contributed by atoms with E-state index < -0.39 is 23.1 Å². The molecule has 4 nitrogen and oxygen atoms in total. The zero-order chi connectivity index (χ0) is 28.2. The van der Waals surface area contributed by atoms with Gasteiger partial charge in [0.15, 0.2) is 0 Å². The number of halogens is 4. The van der Waals surface area contributed by atoms with Crippen molar-refractivity contribution in [3.8, 4) is 17.2 Å². The van der Waals surface area contributed by atoms with Crippen molar-refractivity contribution in [1.29, 1.82) is 0 Å². The topological polar surface area (TPSA) is 48.7 Å². The summed E-state index contributed by atoms with van der Waals surface area (Å²) in [6.07, 6.45) is -0.424. The Bertz CT molecular complexity index is 1490. The monoisotopic (exact) mass is 558 g/mol. The van der Waals surface area contributed by atoms with Crippen LogP contribution in [0.2, 0.25) is 5.02 Å². The largest absolute Gasteiger partial charge is 0.488 e. The normalized spacial score (nSPS) is 11.7. The van der Waals surface area contributed by atoms with Crippen LogP contribution in [0, 0.1) is 13.8 Å². The molecule has 0 aliphatic carbocycles. The standard InChI is InChI=1S/C31H30ClF3O4/c1-4-5-6-7-8-22-16-25-27(17-26(22)37-18-21-9-11-23(32)12-10-21)39-30(31(33,34)35)29(28(25)36)38-24-14-19(2)13-20(3)15-24/h9-17H,4-8,18H2,1-3H3. The number of rotatable bonds is 10. The van der Waals surface area contributed by atoms with Gasteiger partial charge in [0.25, 0.3) is 5.76 Å². The summed E-state index contributed by atoms with van der Waals surface area (Å²) in [5, 5.41) is 0.591. The number of hydrogen-bond acceptors (Lipinski definition) is 4. The lowest BCUT2D eigenvalue weighted by Gasteiger charge is -2.16. The van der Waals surface area contributed by atoms with Crippen molar-refractivity contribution in [1.82, 2.24) is 0 Å². The second-order valence-corrected chi connectivity index (χ2v) is 10.1. The fourth-order valence-electron chi connectivity index (χ4n) is 4.45. The van der Waals surface area contributed by atoms with E-state index in [1.54, 1.807) is 44.2 Å². The lowest BCUT2D eigenvalue weighted by Crippen LogP contribution is -2.16. The number of ether oxygens (including phenoxy) is 2.